The van der Waals surface area contributed by atoms with Crippen LogP contribution in [0.25, 0.3) is 0 Å². The molecule has 1 aliphatic rings. The van der Waals surface area contributed by atoms with Crippen LogP contribution in [0.2, 0.25) is 5.02 Å². The van der Waals surface area contributed by atoms with Gasteiger partial charge in [0.1, 0.15) is 0 Å². The highest BCUT2D eigenvalue weighted by Gasteiger charge is 2.29. The zero-order chi connectivity index (χ0) is 15.4. The number of anilines is 1. The van der Waals surface area contributed by atoms with Crippen LogP contribution in [-0.4, -0.2) is 24.1 Å². The van der Waals surface area contributed by atoms with Gasteiger partial charge in [-0.05, 0) is 25.0 Å². The molecule has 0 atom stereocenters. The average Bonchev–Trinajstić information content (AvgIpc) is 3.24. The number of alkyl halides is 2. The first kappa shape index (κ1) is 16.0. The van der Waals surface area contributed by atoms with E-state index in [1.165, 1.54) is 12.1 Å². The first-order valence-electron chi connectivity index (χ1n) is 6.28. The number of thioether (sulfide) groups is 1. The van der Waals surface area contributed by atoms with Crippen molar-refractivity contribution in [2.24, 2.45) is 5.92 Å². The van der Waals surface area contributed by atoms with Gasteiger partial charge in [-0.25, -0.2) is 0 Å². The number of rotatable bonds is 6. The van der Waals surface area contributed by atoms with Gasteiger partial charge in [0.25, 0.3) is 5.76 Å². The maximum absolute atomic E-state index is 12.5. The molecular formula is C13H13ClF2N2O2S. The topological polar surface area (TPSA) is 58.2 Å². The number of benzene rings is 1. The third kappa shape index (κ3) is 4.86. The Labute approximate surface area is 129 Å². The number of hydrogen-bond acceptors (Lipinski definition) is 3. The molecule has 8 heteroatoms. The van der Waals surface area contributed by atoms with E-state index in [2.05, 4.69) is 10.6 Å². The smallest absolute Gasteiger partial charge is 0.289 e. The van der Waals surface area contributed by atoms with E-state index in [0.29, 0.717) is 0 Å². The summed E-state index contributed by atoms with van der Waals surface area (Å²) >= 11 is 6.12. The van der Waals surface area contributed by atoms with Gasteiger partial charge in [0.15, 0.2) is 0 Å². The Morgan fingerprint density at radius 3 is 2.71 bits per heavy atom. The first-order chi connectivity index (χ1) is 9.97. The fraction of sp³-hybridized carbons (Fsp3) is 0.385. The molecule has 0 spiro atoms. The molecule has 2 rings (SSSR count). The minimum Gasteiger partial charge on any atom is -0.347 e. The predicted octanol–water partition coefficient (Wildman–Crippen LogP) is 3.12. The lowest BCUT2D eigenvalue weighted by atomic mass is 10.3. The standard InChI is InChI=1S/C13H13ClF2N2O2S/c14-8-2-1-3-9(11(8)21-13(15)16)18-10(19)6-17-12(20)7-4-5-7/h1-3,7,13H,4-6H2,(H,17,20)(H,18,19). The van der Waals surface area contributed by atoms with Gasteiger partial charge in [-0.2, -0.15) is 8.78 Å². The lowest BCUT2D eigenvalue weighted by Crippen LogP contribution is -2.33. The summed E-state index contributed by atoms with van der Waals surface area (Å²) in [5, 5.41) is 5.12. The number of nitrogens with one attached hydrogen (secondary N) is 2. The Balaban J connectivity index is 1.96. The van der Waals surface area contributed by atoms with Crippen LogP contribution in [0.15, 0.2) is 23.1 Å². The SMILES string of the molecule is O=C(CNC(=O)C1CC1)Nc1cccc(Cl)c1SC(F)F. The van der Waals surface area contributed by atoms with Crippen molar-refractivity contribution in [2.75, 3.05) is 11.9 Å². The molecule has 0 radical (unpaired) electrons. The van der Waals surface area contributed by atoms with Crippen LogP contribution in [0.4, 0.5) is 14.5 Å². The van der Waals surface area contributed by atoms with Crippen molar-refractivity contribution in [3.05, 3.63) is 23.2 Å². The molecule has 0 aliphatic heterocycles. The minimum atomic E-state index is -2.64. The molecular weight excluding hydrogens is 322 g/mol. The zero-order valence-electron chi connectivity index (χ0n) is 10.9. The summed E-state index contributed by atoms with van der Waals surface area (Å²) in [6.45, 7) is -0.194. The third-order valence-corrected chi connectivity index (χ3v) is 4.10. The Hall–Kier alpha value is -1.34. The third-order valence-electron chi connectivity index (χ3n) is 2.82. The van der Waals surface area contributed by atoms with E-state index in [9.17, 15) is 18.4 Å². The fourth-order valence-corrected chi connectivity index (χ4v) is 2.58. The predicted molar refractivity (Wildman–Crippen MR) is 77.7 cm³/mol. The minimum absolute atomic E-state index is 0.00826. The molecule has 0 saturated heterocycles. The maximum atomic E-state index is 12.5. The summed E-state index contributed by atoms with van der Waals surface area (Å²) in [4.78, 5) is 23.3. The van der Waals surface area contributed by atoms with Gasteiger partial charge in [-0.3, -0.25) is 9.59 Å². The summed E-state index contributed by atoms with van der Waals surface area (Å²) in [5.41, 5.74) is 0.207. The van der Waals surface area contributed by atoms with E-state index in [0.717, 1.165) is 12.8 Å². The number of carbonyl (C=O) groups excluding carboxylic acids is 2. The van der Waals surface area contributed by atoms with Crippen molar-refractivity contribution < 1.29 is 18.4 Å². The number of carbonyl (C=O) groups is 2. The molecule has 1 fully saturated rings. The van der Waals surface area contributed by atoms with Gasteiger partial charge < -0.3 is 10.6 Å². The van der Waals surface area contributed by atoms with E-state index in [-0.39, 0.29) is 45.7 Å². The lowest BCUT2D eigenvalue weighted by molar-refractivity contribution is -0.125. The average molecular weight is 335 g/mol. The molecule has 0 heterocycles. The quantitative estimate of drug-likeness (QED) is 0.786. The van der Waals surface area contributed by atoms with Crippen molar-refractivity contribution >= 4 is 40.9 Å². The van der Waals surface area contributed by atoms with Crippen LogP contribution in [0, 0.1) is 5.92 Å². The zero-order valence-corrected chi connectivity index (χ0v) is 12.4. The molecule has 0 bridgehead atoms. The number of hydrogen-bond donors (Lipinski definition) is 2. The largest absolute Gasteiger partial charge is 0.347 e. The summed E-state index contributed by atoms with van der Waals surface area (Å²) in [5.74, 6) is -3.27. The molecule has 4 nitrogen and oxygen atoms in total. The van der Waals surface area contributed by atoms with Gasteiger partial charge in [-0.1, -0.05) is 29.4 Å². The highest BCUT2D eigenvalue weighted by atomic mass is 35.5. The van der Waals surface area contributed by atoms with Gasteiger partial charge >= 0.3 is 0 Å². The molecule has 2 N–H and O–H groups in total. The van der Waals surface area contributed by atoms with Crippen molar-refractivity contribution in [1.29, 1.82) is 0 Å². The lowest BCUT2D eigenvalue weighted by Gasteiger charge is -2.12. The van der Waals surface area contributed by atoms with Crippen molar-refractivity contribution in [3.63, 3.8) is 0 Å². The van der Waals surface area contributed by atoms with E-state index in [1.54, 1.807) is 6.07 Å². The Morgan fingerprint density at radius 1 is 1.38 bits per heavy atom. The molecule has 1 aliphatic carbocycles. The summed E-state index contributed by atoms with van der Waals surface area (Å²) in [7, 11) is 0. The van der Waals surface area contributed by atoms with Gasteiger partial charge in [0.2, 0.25) is 11.8 Å². The van der Waals surface area contributed by atoms with Gasteiger partial charge in [0.05, 0.1) is 22.2 Å². The van der Waals surface area contributed by atoms with E-state index in [1.807, 2.05) is 0 Å². The van der Waals surface area contributed by atoms with Crippen LogP contribution in [0.3, 0.4) is 0 Å². The Morgan fingerprint density at radius 2 is 2.10 bits per heavy atom. The highest BCUT2D eigenvalue weighted by Crippen LogP contribution is 2.37. The number of halogens is 3. The van der Waals surface area contributed by atoms with Crippen LogP contribution < -0.4 is 10.6 Å². The van der Waals surface area contributed by atoms with E-state index in [4.69, 9.17) is 11.6 Å². The molecule has 0 unspecified atom stereocenters. The highest BCUT2D eigenvalue weighted by molar-refractivity contribution is 7.99. The van der Waals surface area contributed by atoms with Crippen molar-refractivity contribution in [3.8, 4) is 0 Å². The molecule has 114 valence electrons. The Bertz CT molecular complexity index is 553. The Kier molecular flexibility index (Phi) is 5.41. The van der Waals surface area contributed by atoms with Crippen molar-refractivity contribution in [1.82, 2.24) is 5.32 Å². The van der Waals surface area contributed by atoms with Gasteiger partial charge in [-0.15, -0.1) is 0 Å². The van der Waals surface area contributed by atoms with Crippen molar-refractivity contribution in [2.45, 2.75) is 23.5 Å². The molecule has 1 aromatic carbocycles. The van der Waals surface area contributed by atoms with Crippen LogP contribution in [0.5, 0.6) is 0 Å². The van der Waals surface area contributed by atoms with E-state index < -0.39 is 11.7 Å². The number of amides is 2. The second-order valence-electron chi connectivity index (χ2n) is 4.54. The van der Waals surface area contributed by atoms with E-state index >= 15 is 0 Å². The second kappa shape index (κ2) is 7.09. The maximum Gasteiger partial charge on any atom is 0.289 e. The normalized spacial score (nSPS) is 14.1. The second-order valence-corrected chi connectivity index (χ2v) is 5.94. The molecule has 1 aromatic rings. The molecule has 0 aromatic heterocycles. The van der Waals surface area contributed by atoms with Crippen LogP contribution >= 0.6 is 23.4 Å². The van der Waals surface area contributed by atoms with Gasteiger partial charge in [0, 0.05) is 5.92 Å². The molecule has 21 heavy (non-hydrogen) atoms. The monoisotopic (exact) mass is 334 g/mol. The summed E-state index contributed by atoms with van der Waals surface area (Å²) < 4.78 is 25.0. The molecule has 2 amide bonds. The van der Waals surface area contributed by atoms with Crippen LogP contribution in [-0.2, 0) is 9.59 Å². The van der Waals surface area contributed by atoms with Crippen LogP contribution in [0.1, 0.15) is 12.8 Å². The first-order valence-corrected chi connectivity index (χ1v) is 7.54. The fourth-order valence-electron chi connectivity index (χ4n) is 1.67. The summed E-state index contributed by atoms with van der Waals surface area (Å²) in [6, 6.07) is 4.50. The summed E-state index contributed by atoms with van der Waals surface area (Å²) in [6.07, 6.45) is 1.69. The molecule has 1 saturated carbocycles.